The van der Waals surface area contributed by atoms with E-state index in [4.69, 9.17) is 0 Å². The molecule has 3 aliphatic heterocycles. The predicted octanol–water partition coefficient (Wildman–Crippen LogP) is -1.29. The lowest BCUT2D eigenvalue weighted by Crippen LogP contribution is -2.57. The monoisotopic (exact) mass is 197 g/mol. The van der Waals surface area contributed by atoms with E-state index < -0.39 is 11.6 Å². The van der Waals surface area contributed by atoms with Crippen molar-refractivity contribution in [3.8, 4) is 0 Å². The lowest BCUT2D eigenvalue weighted by atomic mass is 10.1. The Morgan fingerprint density at radius 1 is 1.07 bits per heavy atom. The number of nitrogens with zero attached hydrogens (tertiary/aromatic N) is 3. The number of carboxylic acids is 1. The standard InChI is InChI=1S/C9H15N3O2/c13-8(14)9(11-3-4-11,12-5-6-12)7-10-1-2-10/h1-7H2,(H,13,14). The zero-order chi connectivity index (χ0) is 9.76. The summed E-state index contributed by atoms with van der Waals surface area (Å²) in [5, 5.41) is 9.41. The van der Waals surface area contributed by atoms with Gasteiger partial charge >= 0.3 is 5.97 Å². The van der Waals surface area contributed by atoms with Crippen LogP contribution in [0.3, 0.4) is 0 Å². The third-order valence-corrected chi connectivity index (χ3v) is 3.27. The predicted molar refractivity (Wildman–Crippen MR) is 50.0 cm³/mol. The minimum absolute atomic E-state index is 0.667. The van der Waals surface area contributed by atoms with Crippen LogP contribution in [0.25, 0.3) is 0 Å². The fourth-order valence-corrected chi connectivity index (χ4v) is 2.12. The highest BCUT2D eigenvalue weighted by molar-refractivity contribution is 5.79. The highest BCUT2D eigenvalue weighted by atomic mass is 16.4. The summed E-state index contributed by atoms with van der Waals surface area (Å²) >= 11 is 0. The maximum Gasteiger partial charge on any atom is 0.340 e. The Hall–Kier alpha value is -0.650. The van der Waals surface area contributed by atoms with Crippen molar-refractivity contribution in [1.82, 2.24) is 14.7 Å². The molecule has 0 saturated carbocycles. The van der Waals surface area contributed by atoms with Gasteiger partial charge in [0.15, 0.2) is 5.66 Å². The molecule has 0 aromatic heterocycles. The first-order valence-corrected chi connectivity index (χ1v) is 5.19. The van der Waals surface area contributed by atoms with E-state index in [2.05, 4.69) is 14.7 Å². The second kappa shape index (κ2) is 2.68. The van der Waals surface area contributed by atoms with E-state index in [1.165, 1.54) is 0 Å². The first-order valence-electron chi connectivity index (χ1n) is 5.19. The molecule has 0 bridgehead atoms. The van der Waals surface area contributed by atoms with Crippen molar-refractivity contribution < 1.29 is 9.90 Å². The molecule has 0 aliphatic carbocycles. The molecule has 78 valence electrons. The molecule has 3 rings (SSSR count). The summed E-state index contributed by atoms with van der Waals surface area (Å²) < 4.78 is 0. The summed E-state index contributed by atoms with van der Waals surface area (Å²) in [6.07, 6.45) is 0. The highest BCUT2D eigenvalue weighted by Gasteiger charge is 2.58. The smallest absolute Gasteiger partial charge is 0.340 e. The molecule has 0 atom stereocenters. The maximum atomic E-state index is 11.4. The lowest BCUT2D eigenvalue weighted by Gasteiger charge is -2.32. The molecular weight excluding hydrogens is 182 g/mol. The van der Waals surface area contributed by atoms with Crippen LogP contribution in [-0.2, 0) is 4.79 Å². The molecular formula is C9H15N3O2. The molecule has 0 spiro atoms. The molecule has 3 heterocycles. The number of hydrogen-bond donors (Lipinski definition) is 1. The molecule has 3 aliphatic rings. The van der Waals surface area contributed by atoms with Crippen molar-refractivity contribution in [3.63, 3.8) is 0 Å². The average molecular weight is 197 g/mol. The fourth-order valence-electron chi connectivity index (χ4n) is 2.12. The summed E-state index contributed by atoms with van der Waals surface area (Å²) in [4.78, 5) is 17.8. The minimum Gasteiger partial charge on any atom is -0.479 e. The normalized spacial score (nSPS) is 27.7. The van der Waals surface area contributed by atoms with Gasteiger partial charge in [-0.15, -0.1) is 0 Å². The van der Waals surface area contributed by atoms with E-state index >= 15 is 0 Å². The van der Waals surface area contributed by atoms with Gasteiger partial charge in [-0.2, -0.15) is 0 Å². The number of carbonyl (C=O) groups is 1. The van der Waals surface area contributed by atoms with Gasteiger partial charge in [0.1, 0.15) is 0 Å². The van der Waals surface area contributed by atoms with Crippen LogP contribution < -0.4 is 0 Å². The Kier molecular flexibility index (Phi) is 1.66. The van der Waals surface area contributed by atoms with Gasteiger partial charge in [0.2, 0.25) is 0 Å². The van der Waals surface area contributed by atoms with Gasteiger partial charge in [0, 0.05) is 45.8 Å². The number of hydrogen-bond acceptors (Lipinski definition) is 4. The molecule has 3 saturated heterocycles. The number of aliphatic carboxylic acids is 1. The second-order valence-corrected chi connectivity index (χ2v) is 4.37. The van der Waals surface area contributed by atoms with Crippen molar-refractivity contribution in [2.45, 2.75) is 5.66 Å². The molecule has 0 aromatic carbocycles. The van der Waals surface area contributed by atoms with Crippen LogP contribution in [-0.4, -0.2) is 77.3 Å². The summed E-state index contributed by atoms with van der Waals surface area (Å²) in [5.41, 5.74) is -0.684. The van der Waals surface area contributed by atoms with E-state index in [1.54, 1.807) is 0 Å². The van der Waals surface area contributed by atoms with Crippen molar-refractivity contribution in [2.75, 3.05) is 45.8 Å². The topological polar surface area (TPSA) is 46.3 Å². The number of carboxylic acid groups (broad SMARTS) is 1. The molecule has 0 unspecified atom stereocenters. The molecule has 3 fully saturated rings. The van der Waals surface area contributed by atoms with Crippen LogP contribution in [0, 0.1) is 0 Å². The summed E-state index contributed by atoms with van der Waals surface area (Å²) in [5.74, 6) is -0.667. The van der Waals surface area contributed by atoms with Crippen LogP contribution in [0.5, 0.6) is 0 Å². The zero-order valence-electron chi connectivity index (χ0n) is 8.15. The van der Waals surface area contributed by atoms with E-state index in [1.807, 2.05) is 0 Å². The van der Waals surface area contributed by atoms with Gasteiger partial charge in [0.25, 0.3) is 0 Å². The van der Waals surface area contributed by atoms with E-state index in [0.29, 0.717) is 6.54 Å². The van der Waals surface area contributed by atoms with Crippen molar-refractivity contribution >= 4 is 5.97 Å². The summed E-state index contributed by atoms with van der Waals surface area (Å²) in [6.45, 7) is 6.58. The van der Waals surface area contributed by atoms with Crippen molar-refractivity contribution in [3.05, 3.63) is 0 Å². The van der Waals surface area contributed by atoms with Crippen LogP contribution >= 0.6 is 0 Å². The molecule has 5 nitrogen and oxygen atoms in total. The van der Waals surface area contributed by atoms with Crippen LogP contribution in [0.4, 0.5) is 0 Å². The van der Waals surface area contributed by atoms with E-state index in [9.17, 15) is 9.90 Å². The maximum absolute atomic E-state index is 11.4. The van der Waals surface area contributed by atoms with Gasteiger partial charge in [-0.05, 0) is 0 Å². The molecule has 0 radical (unpaired) electrons. The van der Waals surface area contributed by atoms with Crippen LogP contribution in [0.2, 0.25) is 0 Å². The van der Waals surface area contributed by atoms with E-state index in [-0.39, 0.29) is 0 Å². The zero-order valence-corrected chi connectivity index (χ0v) is 8.15. The molecule has 1 N–H and O–H groups in total. The van der Waals surface area contributed by atoms with Gasteiger partial charge in [-0.3, -0.25) is 14.7 Å². The molecule has 14 heavy (non-hydrogen) atoms. The Bertz CT molecular complexity index is 257. The third kappa shape index (κ3) is 1.24. The van der Waals surface area contributed by atoms with Crippen molar-refractivity contribution in [1.29, 1.82) is 0 Å². The summed E-state index contributed by atoms with van der Waals surface area (Å²) in [6, 6.07) is 0. The Morgan fingerprint density at radius 2 is 1.57 bits per heavy atom. The van der Waals surface area contributed by atoms with Gasteiger partial charge in [-0.1, -0.05) is 0 Å². The Morgan fingerprint density at radius 3 is 1.86 bits per heavy atom. The molecule has 0 amide bonds. The average Bonchev–Trinajstić information content (AvgIpc) is 2.99. The first kappa shape index (κ1) is 8.64. The summed E-state index contributed by atoms with van der Waals surface area (Å²) in [7, 11) is 0. The van der Waals surface area contributed by atoms with Gasteiger partial charge in [-0.25, -0.2) is 4.79 Å². The van der Waals surface area contributed by atoms with Crippen molar-refractivity contribution in [2.24, 2.45) is 0 Å². The van der Waals surface area contributed by atoms with Crippen LogP contribution in [0.15, 0.2) is 0 Å². The first-order chi connectivity index (χ1) is 6.73. The van der Waals surface area contributed by atoms with Crippen LogP contribution in [0.1, 0.15) is 0 Å². The highest BCUT2D eigenvalue weighted by Crippen LogP contribution is 2.34. The largest absolute Gasteiger partial charge is 0.479 e. The SMILES string of the molecule is O=C(O)C(CN1CC1)(N1CC1)N1CC1. The van der Waals surface area contributed by atoms with E-state index in [0.717, 1.165) is 39.3 Å². The third-order valence-electron chi connectivity index (χ3n) is 3.27. The lowest BCUT2D eigenvalue weighted by molar-refractivity contribution is -0.155. The minimum atomic E-state index is -0.684. The quantitative estimate of drug-likeness (QED) is 0.556. The Balaban J connectivity index is 1.83. The number of rotatable bonds is 5. The Labute approximate surface area is 82.9 Å². The van der Waals surface area contributed by atoms with Gasteiger partial charge in [0.05, 0.1) is 0 Å². The molecule has 0 aromatic rings. The van der Waals surface area contributed by atoms with Gasteiger partial charge < -0.3 is 5.11 Å². The molecule has 5 heteroatoms. The second-order valence-electron chi connectivity index (χ2n) is 4.37. The fraction of sp³-hybridized carbons (Fsp3) is 0.889.